The molecule has 0 aliphatic heterocycles. The van der Waals surface area contributed by atoms with E-state index in [1.54, 1.807) is 18.0 Å². The van der Waals surface area contributed by atoms with E-state index >= 15 is 0 Å². The highest BCUT2D eigenvalue weighted by Crippen LogP contribution is 2.32. The first-order valence-corrected chi connectivity index (χ1v) is 11.4. The lowest BCUT2D eigenvalue weighted by atomic mass is 9.97. The number of nitrogens with zero attached hydrogens (tertiary/aromatic N) is 3. The Hall–Kier alpha value is -2.92. The van der Waals surface area contributed by atoms with Crippen LogP contribution in [0.3, 0.4) is 0 Å². The van der Waals surface area contributed by atoms with Gasteiger partial charge in [-0.1, -0.05) is 48.5 Å². The number of benzene rings is 2. The fourth-order valence-electron chi connectivity index (χ4n) is 4.25. The van der Waals surface area contributed by atoms with Crippen LogP contribution < -0.4 is 5.69 Å². The van der Waals surface area contributed by atoms with Crippen LogP contribution in [-0.4, -0.2) is 14.5 Å². The monoisotopic (exact) mass is 413 g/mol. The first kappa shape index (κ1) is 19.1. The molecule has 5 heteroatoms. The summed E-state index contributed by atoms with van der Waals surface area (Å²) < 4.78 is 1.83. The standard InChI is InChI=1S/C25H23N3OS/c29-25-27-24(30-17-19-10-7-9-18-8-1-2-12-21(18)19)22-13-3-4-14-23(22)28(25)16-20-11-5-6-15-26-20/h1-2,5-12,15H,3-4,13-14,16-17H2. The number of fused-ring (bicyclic) bond motifs is 2. The minimum absolute atomic E-state index is 0.165. The van der Waals surface area contributed by atoms with Gasteiger partial charge in [-0.25, -0.2) is 4.79 Å². The Balaban J connectivity index is 1.48. The van der Waals surface area contributed by atoms with Crippen molar-refractivity contribution in [2.75, 3.05) is 0 Å². The summed E-state index contributed by atoms with van der Waals surface area (Å²) in [7, 11) is 0. The third kappa shape index (κ3) is 3.77. The SMILES string of the molecule is O=c1nc(SCc2cccc3ccccc23)c2c(n1Cc1ccccn1)CCCC2. The maximum absolute atomic E-state index is 13.0. The Kier molecular flexibility index (Phi) is 5.37. The summed E-state index contributed by atoms with van der Waals surface area (Å²) in [5, 5.41) is 3.42. The van der Waals surface area contributed by atoms with Gasteiger partial charge in [0.05, 0.1) is 12.2 Å². The average Bonchev–Trinajstić information content (AvgIpc) is 2.80. The normalized spacial score (nSPS) is 13.3. The van der Waals surface area contributed by atoms with Gasteiger partial charge in [-0.15, -0.1) is 11.8 Å². The molecule has 0 N–H and O–H groups in total. The summed E-state index contributed by atoms with van der Waals surface area (Å²) in [5.74, 6) is 0.810. The molecule has 2 aromatic carbocycles. The van der Waals surface area contributed by atoms with E-state index in [1.165, 1.54) is 21.9 Å². The maximum atomic E-state index is 13.0. The van der Waals surface area contributed by atoms with Gasteiger partial charge in [-0.3, -0.25) is 9.55 Å². The fraction of sp³-hybridized carbons (Fsp3) is 0.240. The van der Waals surface area contributed by atoms with E-state index in [1.807, 2.05) is 22.8 Å². The van der Waals surface area contributed by atoms with Crippen LogP contribution in [0.2, 0.25) is 0 Å². The number of rotatable bonds is 5. The molecule has 5 rings (SSSR count). The van der Waals surface area contributed by atoms with Crippen molar-refractivity contribution in [3.8, 4) is 0 Å². The summed E-state index contributed by atoms with van der Waals surface area (Å²) in [6, 6.07) is 20.7. The van der Waals surface area contributed by atoms with Crippen molar-refractivity contribution in [1.82, 2.24) is 14.5 Å². The largest absolute Gasteiger partial charge is 0.349 e. The van der Waals surface area contributed by atoms with Gasteiger partial charge < -0.3 is 0 Å². The first-order valence-electron chi connectivity index (χ1n) is 10.4. The average molecular weight is 414 g/mol. The molecule has 30 heavy (non-hydrogen) atoms. The molecule has 0 atom stereocenters. The Morgan fingerprint density at radius 2 is 1.77 bits per heavy atom. The Morgan fingerprint density at radius 3 is 2.67 bits per heavy atom. The second-order valence-electron chi connectivity index (χ2n) is 7.67. The number of hydrogen-bond acceptors (Lipinski definition) is 4. The Morgan fingerprint density at radius 1 is 0.933 bits per heavy atom. The number of thioether (sulfide) groups is 1. The lowest BCUT2D eigenvalue weighted by Crippen LogP contribution is -2.30. The van der Waals surface area contributed by atoms with Crippen molar-refractivity contribution in [1.29, 1.82) is 0 Å². The van der Waals surface area contributed by atoms with Gasteiger partial charge in [-0.2, -0.15) is 4.98 Å². The summed E-state index contributed by atoms with van der Waals surface area (Å²) >= 11 is 1.69. The van der Waals surface area contributed by atoms with Crippen molar-refractivity contribution >= 4 is 22.5 Å². The molecule has 0 amide bonds. The Bertz CT molecular complexity index is 1250. The lowest BCUT2D eigenvalue weighted by molar-refractivity contribution is 0.565. The van der Waals surface area contributed by atoms with E-state index in [0.717, 1.165) is 47.8 Å². The van der Waals surface area contributed by atoms with Crippen LogP contribution in [0.4, 0.5) is 0 Å². The second kappa shape index (κ2) is 8.44. The van der Waals surface area contributed by atoms with Crippen molar-refractivity contribution in [3.63, 3.8) is 0 Å². The predicted octanol–water partition coefficient (Wildman–Crippen LogP) is 5.01. The number of aromatic nitrogens is 3. The molecule has 2 aromatic heterocycles. The van der Waals surface area contributed by atoms with Crippen LogP contribution in [0.25, 0.3) is 10.8 Å². The predicted molar refractivity (Wildman–Crippen MR) is 122 cm³/mol. The van der Waals surface area contributed by atoms with Gasteiger partial charge in [0.25, 0.3) is 0 Å². The highest BCUT2D eigenvalue weighted by Gasteiger charge is 2.21. The van der Waals surface area contributed by atoms with Crippen LogP contribution in [0.1, 0.15) is 35.4 Å². The second-order valence-corrected chi connectivity index (χ2v) is 8.63. The van der Waals surface area contributed by atoms with Crippen LogP contribution in [0, 0.1) is 0 Å². The lowest BCUT2D eigenvalue weighted by Gasteiger charge is -2.22. The van der Waals surface area contributed by atoms with E-state index in [2.05, 4.69) is 52.4 Å². The zero-order chi connectivity index (χ0) is 20.3. The van der Waals surface area contributed by atoms with Gasteiger partial charge in [0.1, 0.15) is 5.03 Å². The summed E-state index contributed by atoms with van der Waals surface area (Å²) in [6.07, 6.45) is 5.96. The quantitative estimate of drug-likeness (QED) is 0.341. The highest BCUT2D eigenvalue weighted by atomic mass is 32.2. The highest BCUT2D eigenvalue weighted by molar-refractivity contribution is 7.98. The van der Waals surface area contributed by atoms with Gasteiger partial charge in [0, 0.05) is 23.2 Å². The minimum atomic E-state index is -0.165. The molecule has 0 saturated carbocycles. The molecule has 0 radical (unpaired) electrons. The van der Waals surface area contributed by atoms with E-state index in [9.17, 15) is 4.79 Å². The maximum Gasteiger partial charge on any atom is 0.349 e. The molecule has 0 unspecified atom stereocenters. The third-order valence-corrected chi connectivity index (χ3v) is 6.81. The first-order chi connectivity index (χ1) is 14.8. The summed E-state index contributed by atoms with van der Waals surface area (Å²) in [5.41, 5.74) is 4.41. The molecule has 2 heterocycles. The van der Waals surface area contributed by atoms with Gasteiger partial charge in [0.2, 0.25) is 0 Å². The molecule has 0 bridgehead atoms. The summed E-state index contributed by atoms with van der Waals surface area (Å²) in [4.78, 5) is 21.9. The van der Waals surface area contributed by atoms with Crippen LogP contribution in [0.5, 0.6) is 0 Å². The topological polar surface area (TPSA) is 47.8 Å². The van der Waals surface area contributed by atoms with E-state index < -0.39 is 0 Å². The third-order valence-electron chi connectivity index (χ3n) is 5.74. The minimum Gasteiger partial charge on any atom is -0.290 e. The molecule has 4 nitrogen and oxygen atoms in total. The smallest absolute Gasteiger partial charge is 0.290 e. The van der Waals surface area contributed by atoms with Crippen molar-refractivity contribution in [2.45, 2.75) is 43.0 Å². The molecule has 0 saturated heterocycles. The van der Waals surface area contributed by atoms with Gasteiger partial charge in [-0.05, 0) is 54.2 Å². The number of pyridine rings is 1. The zero-order valence-electron chi connectivity index (χ0n) is 16.8. The van der Waals surface area contributed by atoms with Gasteiger partial charge >= 0.3 is 5.69 Å². The zero-order valence-corrected chi connectivity index (χ0v) is 17.6. The van der Waals surface area contributed by atoms with Crippen LogP contribution >= 0.6 is 11.8 Å². The molecule has 4 aromatic rings. The molecule has 0 spiro atoms. The molecule has 0 fully saturated rings. The fourth-order valence-corrected chi connectivity index (χ4v) is 5.33. The molecular formula is C25H23N3OS. The Labute approximate surface area is 180 Å². The van der Waals surface area contributed by atoms with E-state index in [4.69, 9.17) is 0 Å². The van der Waals surface area contributed by atoms with Gasteiger partial charge in [0.15, 0.2) is 0 Å². The molecule has 1 aliphatic rings. The van der Waals surface area contributed by atoms with Crippen molar-refractivity contribution in [3.05, 3.63) is 99.9 Å². The van der Waals surface area contributed by atoms with Crippen LogP contribution in [0.15, 0.2) is 76.7 Å². The number of hydrogen-bond donors (Lipinski definition) is 0. The van der Waals surface area contributed by atoms with E-state index in [0.29, 0.717) is 6.54 Å². The van der Waals surface area contributed by atoms with E-state index in [-0.39, 0.29) is 5.69 Å². The van der Waals surface area contributed by atoms with Crippen molar-refractivity contribution < 1.29 is 0 Å². The summed E-state index contributed by atoms with van der Waals surface area (Å²) in [6.45, 7) is 0.489. The molecule has 1 aliphatic carbocycles. The van der Waals surface area contributed by atoms with Crippen LogP contribution in [-0.2, 0) is 25.1 Å². The molecule has 150 valence electrons. The van der Waals surface area contributed by atoms with Crippen molar-refractivity contribution in [2.24, 2.45) is 0 Å². The molecular weight excluding hydrogens is 390 g/mol.